The number of hydrogen-bond acceptors (Lipinski definition) is 4. The molecule has 0 aliphatic carbocycles. The van der Waals surface area contributed by atoms with Crippen LogP contribution in [-0.4, -0.2) is 59.0 Å². The first-order valence-corrected chi connectivity index (χ1v) is 8.55. The SMILES string of the molecule is C=C(C)CN1CCC2(CC1)NC(=O)N(CC(N)(CC)CC)C2=O. The van der Waals surface area contributed by atoms with Gasteiger partial charge in [0.15, 0.2) is 0 Å². The molecule has 6 nitrogen and oxygen atoms in total. The minimum absolute atomic E-state index is 0.103. The van der Waals surface area contributed by atoms with Gasteiger partial charge >= 0.3 is 6.03 Å². The largest absolute Gasteiger partial charge is 0.325 e. The Kier molecular flexibility index (Phi) is 5.16. The number of nitrogens with zero attached hydrogens (tertiary/aromatic N) is 2. The molecule has 0 saturated carbocycles. The Morgan fingerprint density at radius 3 is 2.35 bits per heavy atom. The Hall–Kier alpha value is -1.40. The molecular weight excluding hydrogens is 292 g/mol. The van der Waals surface area contributed by atoms with Crippen LogP contribution in [0.25, 0.3) is 0 Å². The summed E-state index contributed by atoms with van der Waals surface area (Å²) in [4.78, 5) is 28.8. The zero-order chi connectivity index (χ0) is 17.3. The maximum Gasteiger partial charge on any atom is 0.325 e. The van der Waals surface area contributed by atoms with Gasteiger partial charge in [-0.05, 0) is 32.6 Å². The molecule has 1 spiro atoms. The number of urea groups is 1. The Bertz CT molecular complexity index is 491. The lowest BCUT2D eigenvalue weighted by molar-refractivity contribution is -0.133. The predicted molar refractivity (Wildman–Crippen MR) is 91.0 cm³/mol. The van der Waals surface area contributed by atoms with Crippen molar-refractivity contribution < 1.29 is 9.59 Å². The van der Waals surface area contributed by atoms with Crippen LogP contribution in [0.4, 0.5) is 4.79 Å². The maximum absolute atomic E-state index is 12.9. The van der Waals surface area contributed by atoms with Gasteiger partial charge in [0.05, 0.1) is 0 Å². The lowest BCUT2D eigenvalue weighted by Crippen LogP contribution is -2.56. The van der Waals surface area contributed by atoms with Crippen LogP contribution in [0.5, 0.6) is 0 Å². The fraction of sp³-hybridized carbons (Fsp3) is 0.765. The minimum Gasteiger partial charge on any atom is -0.324 e. The second-order valence-corrected chi connectivity index (χ2v) is 7.21. The van der Waals surface area contributed by atoms with E-state index in [0.717, 1.165) is 38.0 Å². The highest BCUT2D eigenvalue weighted by molar-refractivity contribution is 6.07. The number of piperidine rings is 1. The lowest BCUT2D eigenvalue weighted by Gasteiger charge is -2.37. The number of nitrogens with two attached hydrogens (primary N) is 1. The topological polar surface area (TPSA) is 78.7 Å². The molecule has 2 saturated heterocycles. The van der Waals surface area contributed by atoms with Gasteiger partial charge in [-0.3, -0.25) is 14.6 Å². The number of imide groups is 1. The molecule has 0 atom stereocenters. The standard InChI is InChI=1S/C17H30N4O2/c1-5-16(18,6-2)12-21-14(22)17(19-15(21)23)7-9-20(10-8-17)11-13(3)4/h3,5-12,18H2,1-2,4H3,(H,19,23). The summed E-state index contributed by atoms with van der Waals surface area (Å²) in [5, 5.41) is 2.95. The third kappa shape index (κ3) is 3.58. The smallest absolute Gasteiger partial charge is 0.324 e. The van der Waals surface area contributed by atoms with Crippen molar-refractivity contribution in [1.29, 1.82) is 0 Å². The first kappa shape index (κ1) is 17.9. The first-order chi connectivity index (χ1) is 10.7. The number of amides is 3. The summed E-state index contributed by atoms with van der Waals surface area (Å²) < 4.78 is 0. The lowest BCUT2D eigenvalue weighted by atomic mass is 9.86. The summed E-state index contributed by atoms with van der Waals surface area (Å²) in [6, 6.07) is -0.292. The van der Waals surface area contributed by atoms with Crippen molar-refractivity contribution in [2.24, 2.45) is 5.73 Å². The van der Waals surface area contributed by atoms with Crippen molar-refractivity contribution in [2.45, 2.75) is 57.5 Å². The number of hydrogen-bond donors (Lipinski definition) is 2. The van der Waals surface area contributed by atoms with Gasteiger partial charge in [-0.25, -0.2) is 4.79 Å². The summed E-state index contributed by atoms with van der Waals surface area (Å²) in [5.41, 5.74) is 6.19. The molecule has 0 unspecified atom stereocenters. The maximum atomic E-state index is 12.9. The van der Waals surface area contributed by atoms with E-state index in [0.29, 0.717) is 19.4 Å². The van der Waals surface area contributed by atoms with Crippen molar-refractivity contribution in [1.82, 2.24) is 15.1 Å². The average molecular weight is 322 g/mol. The molecule has 23 heavy (non-hydrogen) atoms. The fourth-order valence-corrected chi connectivity index (χ4v) is 3.42. The van der Waals surface area contributed by atoms with E-state index in [1.807, 2.05) is 20.8 Å². The van der Waals surface area contributed by atoms with Gasteiger partial charge in [-0.15, -0.1) is 0 Å². The van der Waals surface area contributed by atoms with Crippen LogP contribution in [0.1, 0.15) is 46.5 Å². The molecule has 0 radical (unpaired) electrons. The minimum atomic E-state index is -0.731. The monoisotopic (exact) mass is 322 g/mol. The molecule has 2 rings (SSSR count). The third-order valence-electron chi connectivity index (χ3n) is 5.33. The van der Waals surface area contributed by atoms with E-state index in [-0.39, 0.29) is 11.9 Å². The van der Waals surface area contributed by atoms with E-state index in [2.05, 4.69) is 16.8 Å². The Balaban J connectivity index is 2.05. The van der Waals surface area contributed by atoms with Crippen LogP contribution in [0.3, 0.4) is 0 Å². The zero-order valence-corrected chi connectivity index (χ0v) is 14.7. The molecule has 0 aromatic rings. The van der Waals surface area contributed by atoms with Crippen molar-refractivity contribution in [2.75, 3.05) is 26.2 Å². The van der Waals surface area contributed by atoms with E-state index in [9.17, 15) is 9.59 Å². The van der Waals surface area contributed by atoms with E-state index in [1.165, 1.54) is 4.90 Å². The van der Waals surface area contributed by atoms with Crippen molar-refractivity contribution >= 4 is 11.9 Å². The van der Waals surface area contributed by atoms with Gasteiger partial charge in [0.2, 0.25) is 0 Å². The van der Waals surface area contributed by atoms with Crippen LogP contribution in [-0.2, 0) is 4.79 Å². The molecule has 6 heteroatoms. The molecular formula is C17H30N4O2. The molecule has 0 bridgehead atoms. The molecule has 3 amide bonds. The summed E-state index contributed by atoms with van der Waals surface area (Å²) in [6.07, 6.45) is 2.77. The highest BCUT2D eigenvalue weighted by atomic mass is 16.2. The summed E-state index contributed by atoms with van der Waals surface area (Å²) in [5.74, 6) is -0.103. The highest BCUT2D eigenvalue weighted by Crippen LogP contribution is 2.31. The van der Waals surface area contributed by atoms with Crippen LogP contribution in [0.15, 0.2) is 12.2 Å². The van der Waals surface area contributed by atoms with Crippen LogP contribution < -0.4 is 11.1 Å². The van der Waals surface area contributed by atoms with Gasteiger partial charge in [0.25, 0.3) is 5.91 Å². The first-order valence-electron chi connectivity index (χ1n) is 8.55. The van der Waals surface area contributed by atoms with Crippen LogP contribution >= 0.6 is 0 Å². The molecule has 3 N–H and O–H groups in total. The normalized spacial score (nSPS) is 21.8. The molecule has 2 heterocycles. The Labute approximate surface area is 139 Å². The number of rotatable bonds is 6. The molecule has 0 aromatic carbocycles. The Morgan fingerprint density at radius 1 is 1.30 bits per heavy atom. The average Bonchev–Trinajstić information content (AvgIpc) is 2.73. The number of likely N-dealkylation sites (tertiary alicyclic amines) is 1. The molecule has 2 aliphatic heterocycles. The molecule has 2 aliphatic rings. The van der Waals surface area contributed by atoms with E-state index in [1.54, 1.807) is 0 Å². The number of carbonyl (C=O) groups is 2. The number of carbonyl (C=O) groups excluding carboxylic acids is 2. The fourth-order valence-electron chi connectivity index (χ4n) is 3.42. The van der Waals surface area contributed by atoms with Crippen molar-refractivity contribution in [3.63, 3.8) is 0 Å². The number of nitrogens with one attached hydrogen (secondary N) is 1. The molecule has 2 fully saturated rings. The van der Waals surface area contributed by atoms with Crippen molar-refractivity contribution in [3.05, 3.63) is 12.2 Å². The quantitative estimate of drug-likeness (QED) is 0.573. The predicted octanol–water partition coefficient (Wildman–Crippen LogP) is 1.47. The van der Waals surface area contributed by atoms with Crippen LogP contribution in [0.2, 0.25) is 0 Å². The van der Waals surface area contributed by atoms with Gasteiger partial charge in [-0.2, -0.15) is 0 Å². The van der Waals surface area contributed by atoms with Gasteiger partial charge in [0.1, 0.15) is 5.54 Å². The second-order valence-electron chi connectivity index (χ2n) is 7.21. The second kappa shape index (κ2) is 6.61. The summed E-state index contributed by atoms with van der Waals surface area (Å²) in [6.45, 7) is 12.7. The van der Waals surface area contributed by atoms with Gasteiger partial charge in [0, 0.05) is 31.7 Å². The molecule has 0 aromatic heterocycles. The molecule has 130 valence electrons. The van der Waals surface area contributed by atoms with E-state index >= 15 is 0 Å². The van der Waals surface area contributed by atoms with Gasteiger partial charge in [-0.1, -0.05) is 26.0 Å². The summed E-state index contributed by atoms with van der Waals surface area (Å²) in [7, 11) is 0. The third-order valence-corrected chi connectivity index (χ3v) is 5.33. The van der Waals surface area contributed by atoms with E-state index < -0.39 is 11.1 Å². The summed E-state index contributed by atoms with van der Waals surface area (Å²) >= 11 is 0. The highest BCUT2D eigenvalue weighted by Gasteiger charge is 2.53. The zero-order valence-electron chi connectivity index (χ0n) is 14.7. The van der Waals surface area contributed by atoms with Gasteiger partial charge < -0.3 is 11.1 Å². The Morgan fingerprint density at radius 2 is 1.87 bits per heavy atom. The van der Waals surface area contributed by atoms with Crippen LogP contribution in [0, 0.1) is 0 Å². The van der Waals surface area contributed by atoms with Crippen molar-refractivity contribution in [3.8, 4) is 0 Å². The van der Waals surface area contributed by atoms with E-state index in [4.69, 9.17) is 5.73 Å².